The molecule has 0 bridgehead atoms. The van der Waals surface area contributed by atoms with Gasteiger partial charge in [-0.1, -0.05) is 23.7 Å². The Kier molecular flexibility index (Phi) is 7.78. The number of ether oxygens (including phenoxy) is 1. The maximum absolute atomic E-state index is 14.7. The summed E-state index contributed by atoms with van der Waals surface area (Å²) in [6.07, 6.45) is 8.23. The average Bonchev–Trinajstić information content (AvgIpc) is 3.37. The summed E-state index contributed by atoms with van der Waals surface area (Å²) in [6.45, 7) is 1.18. The summed E-state index contributed by atoms with van der Waals surface area (Å²) in [5.74, 6) is -0.207. The van der Waals surface area contributed by atoms with Gasteiger partial charge in [-0.15, -0.1) is 0 Å². The van der Waals surface area contributed by atoms with E-state index in [1.54, 1.807) is 18.5 Å². The van der Waals surface area contributed by atoms with Gasteiger partial charge >= 0.3 is 0 Å². The Hall–Kier alpha value is -3.34. The highest BCUT2D eigenvalue weighted by Gasteiger charge is 2.26. The molecule has 1 saturated heterocycles. The van der Waals surface area contributed by atoms with Crippen LogP contribution in [0.3, 0.4) is 0 Å². The number of hydrogen-bond acceptors (Lipinski definition) is 6. The summed E-state index contributed by atoms with van der Waals surface area (Å²) in [5, 5.41) is 6.62. The predicted octanol–water partition coefficient (Wildman–Crippen LogP) is 3.86. The minimum absolute atomic E-state index is 0.0469. The molecule has 3 heterocycles. The maximum atomic E-state index is 14.7. The highest BCUT2D eigenvalue weighted by atomic mass is 35.5. The molecule has 2 atom stereocenters. The molecule has 0 spiro atoms. The van der Waals surface area contributed by atoms with E-state index in [4.69, 9.17) is 28.6 Å². The van der Waals surface area contributed by atoms with Gasteiger partial charge in [-0.25, -0.2) is 9.37 Å². The summed E-state index contributed by atoms with van der Waals surface area (Å²) < 4.78 is 20.2. The van der Waals surface area contributed by atoms with Gasteiger partial charge in [-0.05, 0) is 72.8 Å². The van der Waals surface area contributed by atoms with Gasteiger partial charge in [-0.2, -0.15) is 0 Å². The Morgan fingerprint density at radius 3 is 2.92 bits per heavy atom. The van der Waals surface area contributed by atoms with Crippen LogP contribution in [0.1, 0.15) is 51.5 Å². The van der Waals surface area contributed by atoms with E-state index in [0.29, 0.717) is 36.3 Å². The largest absolute Gasteiger partial charge is 0.376 e. The zero-order chi connectivity index (χ0) is 25.8. The Bertz CT molecular complexity index is 1320. The summed E-state index contributed by atoms with van der Waals surface area (Å²) in [6, 6.07) is 8.16. The number of fused-ring (bicyclic) bond motifs is 2. The number of amides is 1. The third-order valence-corrected chi connectivity index (χ3v) is 7.06. The molecule has 3 aromatic rings. The van der Waals surface area contributed by atoms with Gasteiger partial charge in [0.1, 0.15) is 5.82 Å². The number of benzene rings is 1. The number of rotatable bonds is 6. The van der Waals surface area contributed by atoms with E-state index in [1.807, 2.05) is 12.1 Å². The number of carbonyl (C=O) groups is 1. The van der Waals surface area contributed by atoms with Gasteiger partial charge in [0.05, 0.1) is 22.7 Å². The molecule has 1 unspecified atom stereocenters. The highest BCUT2D eigenvalue weighted by molar-refractivity contribution is 7.80. The first-order valence-corrected chi connectivity index (χ1v) is 12.9. The summed E-state index contributed by atoms with van der Waals surface area (Å²) in [5.41, 5.74) is 9.60. The molecule has 8 nitrogen and oxygen atoms in total. The number of anilines is 1. The van der Waals surface area contributed by atoms with Crippen LogP contribution < -0.4 is 21.5 Å². The number of hydrazine groups is 1. The molecular weight excluding hydrogens is 515 g/mol. The normalized spacial score (nSPS) is 18.2. The van der Waals surface area contributed by atoms with Gasteiger partial charge in [-0.3, -0.25) is 20.6 Å². The molecule has 0 saturated carbocycles. The third-order valence-electron chi connectivity index (χ3n) is 6.56. The number of carbonyl (C=O) groups excluding carboxylic acids is 1. The lowest BCUT2D eigenvalue weighted by Crippen LogP contribution is -2.41. The third kappa shape index (κ3) is 5.82. The van der Waals surface area contributed by atoms with Crippen molar-refractivity contribution in [2.75, 3.05) is 18.6 Å². The first-order valence-electron chi connectivity index (χ1n) is 12.1. The molecule has 11 heteroatoms. The van der Waals surface area contributed by atoms with Crippen molar-refractivity contribution in [3.8, 4) is 0 Å². The zero-order valence-electron chi connectivity index (χ0n) is 19.9. The van der Waals surface area contributed by atoms with Crippen molar-refractivity contribution >= 4 is 40.7 Å². The molecule has 1 aliphatic heterocycles. The van der Waals surface area contributed by atoms with E-state index in [1.165, 1.54) is 18.3 Å². The molecule has 1 amide bonds. The van der Waals surface area contributed by atoms with Crippen LogP contribution in [0, 0.1) is 5.82 Å². The van der Waals surface area contributed by atoms with Crippen molar-refractivity contribution in [2.24, 2.45) is 0 Å². The molecule has 4 N–H and O–H groups in total. The van der Waals surface area contributed by atoms with Crippen molar-refractivity contribution in [3.05, 3.63) is 87.6 Å². The van der Waals surface area contributed by atoms with Gasteiger partial charge in [0.25, 0.3) is 5.91 Å². The first-order chi connectivity index (χ1) is 18.0. The lowest BCUT2D eigenvalue weighted by atomic mass is 9.96. The Labute approximate surface area is 224 Å². The molecule has 1 aromatic carbocycles. The van der Waals surface area contributed by atoms with Gasteiger partial charge in [0.2, 0.25) is 0 Å². The lowest BCUT2D eigenvalue weighted by molar-refractivity contribution is 0.0857. The molecule has 1 aliphatic carbocycles. The van der Waals surface area contributed by atoms with Crippen molar-refractivity contribution in [3.63, 3.8) is 0 Å². The minimum atomic E-state index is -0.392. The molecule has 2 aliphatic rings. The van der Waals surface area contributed by atoms with Crippen molar-refractivity contribution in [1.82, 2.24) is 26.0 Å². The fraction of sp³-hybridized carbons (Fsp3) is 0.308. The monoisotopic (exact) mass is 540 g/mol. The van der Waals surface area contributed by atoms with Crippen molar-refractivity contribution in [1.29, 1.82) is 0 Å². The molecule has 1 fully saturated rings. The second-order valence-corrected chi connectivity index (χ2v) is 9.75. The molecular formula is C26H26ClFN6O2S. The topological polar surface area (TPSA) is 100 Å². The van der Waals surface area contributed by atoms with E-state index < -0.39 is 6.04 Å². The van der Waals surface area contributed by atoms with Crippen molar-refractivity contribution < 1.29 is 13.9 Å². The SMILES string of the molecule is O=C(NC[C@H]1CCCO1)c1cnc(NNC(=S)NC2c3cnccc3CCc3c(F)cccc32)c(Cl)c1. The lowest BCUT2D eigenvalue weighted by Gasteiger charge is -2.23. The predicted molar refractivity (Wildman–Crippen MR) is 143 cm³/mol. The number of halogens is 2. The van der Waals surface area contributed by atoms with Gasteiger partial charge < -0.3 is 15.4 Å². The smallest absolute Gasteiger partial charge is 0.252 e. The fourth-order valence-electron chi connectivity index (χ4n) is 4.67. The second kappa shape index (κ2) is 11.4. The van der Waals surface area contributed by atoms with E-state index in [0.717, 1.165) is 36.1 Å². The average molecular weight is 541 g/mol. The minimum Gasteiger partial charge on any atom is -0.376 e. The van der Waals surface area contributed by atoms with Crippen molar-refractivity contribution in [2.45, 2.75) is 37.8 Å². The van der Waals surface area contributed by atoms with Crippen LogP contribution in [0.15, 0.2) is 48.9 Å². The van der Waals surface area contributed by atoms with Crippen LogP contribution in [0.2, 0.25) is 5.02 Å². The van der Waals surface area contributed by atoms with E-state index >= 15 is 0 Å². The van der Waals surface area contributed by atoms with Crippen LogP contribution in [0.25, 0.3) is 0 Å². The molecule has 0 radical (unpaired) electrons. The molecule has 37 heavy (non-hydrogen) atoms. The van der Waals surface area contributed by atoms with Crippen LogP contribution >= 0.6 is 23.8 Å². The first kappa shape index (κ1) is 25.3. The highest BCUT2D eigenvalue weighted by Crippen LogP contribution is 2.33. The van der Waals surface area contributed by atoms with E-state index in [-0.39, 0.29) is 28.0 Å². The summed E-state index contributed by atoms with van der Waals surface area (Å²) in [7, 11) is 0. The quantitative estimate of drug-likeness (QED) is 0.276. The van der Waals surface area contributed by atoms with Crippen LogP contribution in [-0.4, -0.2) is 40.2 Å². The van der Waals surface area contributed by atoms with E-state index in [2.05, 4.69) is 31.5 Å². The standard InChI is InChI=1S/C26H26ClFN6O2S/c27-21-11-16(25(35)31-13-17-3-2-10-36-17)12-30-24(21)33-34-26(37)32-23-19-4-1-5-22(28)18(19)7-6-15-8-9-29-14-20(15)23/h1,4-5,8-9,11-12,14,17,23H,2-3,6-7,10,13H2,(H,30,33)(H,31,35)(H2,32,34,37)/t17-,23?/m1/s1. The summed E-state index contributed by atoms with van der Waals surface area (Å²) in [4.78, 5) is 21.0. The fourth-order valence-corrected chi connectivity index (χ4v) is 5.05. The number of nitrogens with zero attached hydrogens (tertiary/aromatic N) is 2. The Morgan fingerprint density at radius 2 is 2.11 bits per heavy atom. The van der Waals surface area contributed by atoms with Gasteiger partial charge in [0.15, 0.2) is 10.9 Å². The van der Waals surface area contributed by atoms with Crippen LogP contribution in [0.4, 0.5) is 10.2 Å². The van der Waals surface area contributed by atoms with E-state index in [9.17, 15) is 9.18 Å². The molecule has 5 rings (SSSR count). The number of aromatic nitrogens is 2. The Balaban J connectivity index is 1.24. The molecule has 2 aromatic heterocycles. The van der Waals surface area contributed by atoms with Gasteiger partial charge in [0, 0.05) is 37.3 Å². The number of aryl methyl sites for hydroxylation is 1. The van der Waals surface area contributed by atoms with Crippen LogP contribution in [-0.2, 0) is 17.6 Å². The number of pyridine rings is 2. The van der Waals surface area contributed by atoms with Crippen LogP contribution in [0.5, 0.6) is 0 Å². The number of thiocarbonyl (C=S) groups is 1. The Morgan fingerprint density at radius 1 is 1.22 bits per heavy atom. The second-order valence-electron chi connectivity index (χ2n) is 8.94. The number of hydrogen-bond donors (Lipinski definition) is 4. The molecule has 192 valence electrons. The zero-order valence-corrected chi connectivity index (χ0v) is 21.5. The summed E-state index contributed by atoms with van der Waals surface area (Å²) >= 11 is 11.9. The number of nitrogens with one attached hydrogen (secondary N) is 4. The maximum Gasteiger partial charge on any atom is 0.252 e.